The third-order valence-corrected chi connectivity index (χ3v) is 5.09. The van der Waals surface area contributed by atoms with Crippen LogP contribution in [-0.2, 0) is 9.47 Å². The number of methoxy groups -OCH3 is 2. The SMILES string of the molecule is C/C=C(C)\C(OC)=C(\C)C(CN=C(CC)Nc1cc(C(=O)OC)ccc1C)=C(C)C.CN. The predicted molar refractivity (Wildman–Crippen MR) is 136 cm³/mol. The molecule has 0 atom stereocenters. The van der Waals surface area contributed by atoms with E-state index >= 15 is 0 Å². The van der Waals surface area contributed by atoms with E-state index in [9.17, 15) is 4.79 Å². The van der Waals surface area contributed by atoms with Gasteiger partial charge in [-0.25, -0.2) is 4.79 Å². The Morgan fingerprint density at radius 3 is 2.22 bits per heavy atom. The molecule has 32 heavy (non-hydrogen) atoms. The number of hydrogen-bond donors (Lipinski definition) is 2. The Balaban J connectivity index is 0.00000466. The van der Waals surface area contributed by atoms with Crippen LogP contribution in [0.5, 0.6) is 0 Å². The molecule has 0 bridgehead atoms. The molecule has 0 unspecified atom stereocenters. The van der Waals surface area contributed by atoms with Gasteiger partial charge in [0.1, 0.15) is 11.6 Å². The first-order chi connectivity index (χ1) is 15.2. The van der Waals surface area contributed by atoms with Crippen molar-refractivity contribution in [1.29, 1.82) is 0 Å². The molecule has 1 aromatic carbocycles. The number of aryl methyl sites for hydroxylation is 1. The van der Waals surface area contributed by atoms with E-state index in [0.29, 0.717) is 12.1 Å². The van der Waals surface area contributed by atoms with Crippen molar-refractivity contribution in [2.45, 2.75) is 54.9 Å². The van der Waals surface area contributed by atoms with Crippen LogP contribution in [0.3, 0.4) is 0 Å². The van der Waals surface area contributed by atoms with E-state index in [0.717, 1.165) is 46.0 Å². The van der Waals surface area contributed by atoms with Crippen molar-refractivity contribution in [1.82, 2.24) is 0 Å². The molecule has 1 rings (SSSR count). The highest BCUT2D eigenvalue weighted by Crippen LogP contribution is 2.24. The molecule has 0 spiro atoms. The molecule has 0 fully saturated rings. The molecular formula is C26H41N3O3. The molecule has 6 heteroatoms. The summed E-state index contributed by atoms with van der Waals surface area (Å²) in [6.07, 6.45) is 2.79. The van der Waals surface area contributed by atoms with Gasteiger partial charge in [-0.1, -0.05) is 24.6 Å². The Labute approximate surface area is 194 Å². The molecular weight excluding hydrogens is 402 g/mol. The van der Waals surface area contributed by atoms with Crippen LogP contribution in [0.15, 0.2) is 57.3 Å². The lowest BCUT2D eigenvalue weighted by atomic mass is 9.99. The lowest BCUT2D eigenvalue weighted by Crippen LogP contribution is -2.14. The first-order valence-electron chi connectivity index (χ1n) is 10.8. The second kappa shape index (κ2) is 15.0. The molecule has 0 aliphatic heterocycles. The zero-order chi connectivity index (χ0) is 24.8. The van der Waals surface area contributed by atoms with Crippen LogP contribution in [0.25, 0.3) is 0 Å². The monoisotopic (exact) mass is 443 g/mol. The molecule has 0 aromatic heterocycles. The second-order valence-corrected chi connectivity index (χ2v) is 7.37. The number of nitrogens with two attached hydrogens (primary N) is 1. The van der Waals surface area contributed by atoms with Crippen LogP contribution in [-0.4, -0.2) is 39.6 Å². The van der Waals surface area contributed by atoms with Crippen LogP contribution >= 0.6 is 0 Å². The number of nitrogens with zero attached hydrogens (tertiary/aromatic N) is 1. The second-order valence-electron chi connectivity index (χ2n) is 7.37. The summed E-state index contributed by atoms with van der Waals surface area (Å²) in [5.41, 5.74) is 11.4. The number of rotatable bonds is 8. The number of carbonyl (C=O) groups excluding carboxylic acids is 1. The molecule has 0 aliphatic carbocycles. The van der Waals surface area contributed by atoms with Gasteiger partial charge in [0, 0.05) is 12.1 Å². The number of benzene rings is 1. The number of carbonyl (C=O) groups is 1. The van der Waals surface area contributed by atoms with Crippen molar-refractivity contribution in [2.75, 3.05) is 33.1 Å². The fourth-order valence-corrected chi connectivity index (χ4v) is 3.10. The Morgan fingerprint density at radius 1 is 1.12 bits per heavy atom. The zero-order valence-corrected chi connectivity index (χ0v) is 21.5. The van der Waals surface area contributed by atoms with E-state index in [1.165, 1.54) is 19.7 Å². The first-order valence-corrected chi connectivity index (χ1v) is 10.8. The van der Waals surface area contributed by atoms with Gasteiger partial charge in [0.05, 0.1) is 26.3 Å². The third kappa shape index (κ3) is 8.35. The van der Waals surface area contributed by atoms with E-state index in [-0.39, 0.29) is 5.97 Å². The molecule has 1 aromatic rings. The first kappa shape index (κ1) is 29.1. The van der Waals surface area contributed by atoms with Gasteiger partial charge in [0.25, 0.3) is 0 Å². The highest BCUT2D eigenvalue weighted by atomic mass is 16.5. The lowest BCUT2D eigenvalue weighted by molar-refractivity contribution is 0.0601. The standard InChI is InChI=1S/C25H36N2O3.CH5N/c1-10-17(5)24(29-8)19(7)21(16(3)4)15-26-23(11-2)27-22-14-20(25(28)30-9)13-12-18(22)6;1-2/h10,12-14H,11,15H2,1-9H3,(H,26,27);2H2,1H3/b17-10-,24-19+;. The molecule has 6 nitrogen and oxygen atoms in total. The zero-order valence-electron chi connectivity index (χ0n) is 21.5. The highest BCUT2D eigenvalue weighted by Gasteiger charge is 2.12. The summed E-state index contributed by atoms with van der Waals surface area (Å²) in [7, 11) is 4.59. The van der Waals surface area contributed by atoms with E-state index in [2.05, 4.69) is 38.7 Å². The van der Waals surface area contributed by atoms with Gasteiger partial charge in [-0.2, -0.15) is 0 Å². The Bertz CT molecular complexity index is 890. The smallest absolute Gasteiger partial charge is 0.337 e. The summed E-state index contributed by atoms with van der Waals surface area (Å²) in [5, 5.41) is 3.39. The summed E-state index contributed by atoms with van der Waals surface area (Å²) in [5.74, 6) is 1.39. The van der Waals surface area contributed by atoms with Crippen molar-refractivity contribution in [3.63, 3.8) is 0 Å². The fraction of sp³-hybridized carbons (Fsp3) is 0.462. The Hall–Kier alpha value is -2.86. The van der Waals surface area contributed by atoms with Crippen LogP contribution in [0.2, 0.25) is 0 Å². The molecule has 0 amide bonds. The number of esters is 1. The number of nitrogens with one attached hydrogen (secondary N) is 1. The average Bonchev–Trinajstić information content (AvgIpc) is 2.80. The van der Waals surface area contributed by atoms with Gasteiger partial charge in [0.2, 0.25) is 0 Å². The fourth-order valence-electron chi connectivity index (χ4n) is 3.10. The minimum Gasteiger partial charge on any atom is -0.496 e. The number of ether oxygens (including phenoxy) is 2. The van der Waals surface area contributed by atoms with Gasteiger partial charge in [-0.05, 0) is 83.0 Å². The summed E-state index contributed by atoms with van der Waals surface area (Å²) >= 11 is 0. The quantitative estimate of drug-likeness (QED) is 0.174. The van der Waals surface area contributed by atoms with Gasteiger partial charge >= 0.3 is 5.97 Å². The largest absolute Gasteiger partial charge is 0.496 e. The minimum absolute atomic E-state index is 0.355. The third-order valence-electron chi connectivity index (χ3n) is 5.09. The molecule has 0 radical (unpaired) electrons. The lowest BCUT2D eigenvalue weighted by Gasteiger charge is -2.17. The van der Waals surface area contributed by atoms with E-state index in [4.69, 9.17) is 14.5 Å². The summed E-state index contributed by atoms with van der Waals surface area (Å²) in [6, 6.07) is 5.47. The van der Waals surface area contributed by atoms with Crippen molar-refractivity contribution < 1.29 is 14.3 Å². The summed E-state index contributed by atoms with van der Waals surface area (Å²) < 4.78 is 10.5. The average molecular weight is 444 g/mol. The van der Waals surface area contributed by atoms with E-state index in [1.54, 1.807) is 19.2 Å². The number of amidine groups is 1. The number of anilines is 1. The molecule has 0 aliphatic rings. The van der Waals surface area contributed by atoms with E-state index in [1.807, 2.05) is 32.9 Å². The van der Waals surface area contributed by atoms with Gasteiger partial charge in [-0.15, -0.1) is 0 Å². The van der Waals surface area contributed by atoms with Crippen LogP contribution in [0, 0.1) is 6.92 Å². The maximum atomic E-state index is 11.9. The van der Waals surface area contributed by atoms with Crippen LogP contribution in [0.4, 0.5) is 5.69 Å². The number of hydrogen-bond acceptors (Lipinski definition) is 5. The van der Waals surface area contributed by atoms with E-state index < -0.39 is 0 Å². The summed E-state index contributed by atoms with van der Waals surface area (Å²) in [4.78, 5) is 16.7. The van der Waals surface area contributed by atoms with Crippen molar-refractivity contribution in [3.05, 3.63) is 63.5 Å². The summed E-state index contributed by atoms with van der Waals surface area (Å²) in [6.45, 7) is 14.9. The van der Waals surface area contributed by atoms with Crippen molar-refractivity contribution in [3.8, 4) is 0 Å². The topological polar surface area (TPSA) is 85.9 Å². The highest BCUT2D eigenvalue weighted by molar-refractivity contribution is 5.98. The molecule has 3 N–H and O–H groups in total. The molecule has 0 heterocycles. The molecule has 0 saturated heterocycles. The molecule has 0 saturated carbocycles. The molecule has 178 valence electrons. The Morgan fingerprint density at radius 2 is 1.75 bits per heavy atom. The normalized spacial score (nSPS) is 12.2. The van der Waals surface area contributed by atoms with Gasteiger partial charge in [0.15, 0.2) is 0 Å². The number of allylic oxidation sites excluding steroid dienone is 3. The van der Waals surface area contributed by atoms with Gasteiger partial charge in [-0.3, -0.25) is 4.99 Å². The maximum absolute atomic E-state index is 11.9. The van der Waals surface area contributed by atoms with Gasteiger partial charge < -0.3 is 20.5 Å². The predicted octanol–water partition coefficient (Wildman–Crippen LogP) is 5.80. The van der Waals surface area contributed by atoms with Crippen LogP contribution in [0.1, 0.15) is 63.9 Å². The Kier molecular flexibility index (Phi) is 13.7. The van der Waals surface area contributed by atoms with Crippen LogP contribution < -0.4 is 11.1 Å². The maximum Gasteiger partial charge on any atom is 0.337 e. The van der Waals surface area contributed by atoms with Crippen molar-refractivity contribution in [2.24, 2.45) is 10.7 Å². The minimum atomic E-state index is -0.355. The van der Waals surface area contributed by atoms with Crippen molar-refractivity contribution >= 4 is 17.5 Å². The number of aliphatic imine (C=N–C) groups is 1.